The van der Waals surface area contributed by atoms with E-state index in [0.29, 0.717) is 47.6 Å². The number of nitrogens with zero attached hydrogens (tertiary/aromatic N) is 3. The predicted molar refractivity (Wildman–Crippen MR) is 163 cm³/mol. The summed E-state index contributed by atoms with van der Waals surface area (Å²) in [6.07, 6.45) is 1.11. The maximum absolute atomic E-state index is 15.3. The van der Waals surface area contributed by atoms with E-state index in [2.05, 4.69) is 0 Å². The number of para-hydroxylation sites is 1. The molecule has 10 nitrogen and oxygen atoms in total. The van der Waals surface area contributed by atoms with Crippen molar-refractivity contribution in [3.05, 3.63) is 76.3 Å². The lowest BCUT2D eigenvalue weighted by Gasteiger charge is -2.42. The summed E-state index contributed by atoms with van der Waals surface area (Å²) >= 11 is 6.60. The zero-order valence-electron chi connectivity index (χ0n) is 24.9. The van der Waals surface area contributed by atoms with Gasteiger partial charge in [-0.15, -0.1) is 0 Å². The number of fused-ring (bicyclic) bond motifs is 1. The molecule has 2 aliphatic heterocycles. The van der Waals surface area contributed by atoms with E-state index in [1.807, 2.05) is 4.90 Å². The van der Waals surface area contributed by atoms with Gasteiger partial charge in [0.2, 0.25) is 5.91 Å². The van der Waals surface area contributed by atoms with Gasteiger partial charge in [0.25, 0.3) is 15.9 Å². The highest BCUT2D eigenvalue weighted by molar-refractivity contribution is 7.93. The van der Waals surface area contributed by atoms with Crippen molar-refractivity contribution in [1.29, 1.82) is 0 Å². The number of amides is 2. The standard InChI is InChI=1S/C31H34ClN3O7S/c1-19-16-22-25(18-23(19)32)35(43(38,39)28-14-13-20(40-4)17-27(28)42-6)30(37)31(22,21-10-7-8-12-26(21)41-5)34-15-9-11-24(34)29(36)33(2)3/h7-8,10,12-14,16-18,24H,9,11,15H2,1-6H3. The number of aryl methyl sites for hydroxylation is 1. The van der Waals surface area contributed by atoms with Gasteiger partial charge >= 0.3 is 0 Å². The number of anilines is 1. The number of carbonyl (C=O) groups excluding carboxylic acids is 2. The molecule has 3 aromatic rings. The van der Waals surface area contributed by atoms with Gasteiger partial charge in [-0.2, -0.15) is 0 Å². The third-order valence-corrected chi connectivity index (χ3v) is 10.3. The summed E-state index contributed by atoms with van der Waals surface area (Å²) in [5.74, 6) is -0.204. The van der Waals surface area contributed by atoms with Crippen LogP contribution in [0.2, 0.25) is 5.02 Å². The summed E-state index contributed by atoms with van der Waals surface area (Å²) in [6.45, 7) is 2.14. The molecule has 1 saturated heterocycles. The molecule has 2 unspecified atom stereocenters. The van der Waals surface area contributed by atoms with E-state index in [9.17, 15) is 13.2 Å². The average Bonchev–Trinajstić information content (AvgIpc) is 3.57. The second-order valence-corrected chi connectivity index (χ2v) is 12.9. The normalized spacial score (nSPS) is 20.2. The Hall–Kier alpha value is -3.80. The predicted octanol–water partition coefficient (Wildman–Crippen LogP) is 4.21. The Morgan fingerprint density at radius 2 is 1.67 bits per heavy atom. The van der Waals surface area contributed by atoms with Crippen LogP contribution < -0.4 is 18.5 Å². The summed E-state index contributed by atoms with van der Waals surface area (Å²) in [5.41, 5.74) is -0.200. The first-order chi connectivity index (χ1) is 20.4. The fourth-order valence-corrected chi connectivity index (χ4v) is 7.94. The third-order valence-electron chi connectivity index (χ3n) is 8.17. The van der Waals surface area contributed by atoms with Crippen LogP contribution in [-0.4, -0.2) is 78.0 Å². The number of hydrogen-bond acceptors (Lipinski definition) is 8. The summed E-state index contributed by atoms with van der Waals surface area (Å²) < 4.78 is 46.5. The van der Waals surface area contributed by atoms with Crippen LogP contribution in [0, 0.1) is 6.92 Å². The number of likely N-dealkylation sites (tertiary alicyclic amines) is 1. The Bertz CT molecular complexity index is 1710. The topological polar surface area (TPSA) is 106 Å². The first kappa shape index (κ1) is 30.7. The Kier molecular flexibility index (Phi) is 8.10. The van der Waals surface area contributed by atoms with Crippen molar-refractivity contribution in [3.8, 4) is 17.2 Å². The number of rotatable bonds is 8. The van der Waals surface area contributed by atoms with Crippen molar-refractivity contribution in [3.63, 3.8) is 0 Å². The first-order valence-electron chi connectivity index (χ1n) is 13.7. The van der Waals surface area contributed by atoms with Crippen molar-refractivity contribution < 1.29 is 32.2 Å². The Morgan fingerprint density at radius 3 is 2.33 bits per heavy atom. The molecule has 12 heteroatoms. The van der Waals surface area contributed by atoms with E-state index >= 15 is 4.79 Å². The van der Waals surface area contributed by atoms with Crippen molar-refractivity contribution in [2.45, 2.75) is 36.2 Å². The van der Waals surface area contributed by atoms with Crippen molar-refractivity contribution in [1.82, 2.24) is 9.80 Å². The van der Waals surface area contributed by atoms with Gasteiger partial charge in [0.1, 0.15) is 22.1 Å². The second-order valence-electron chi connectivity index (χ2n) is 10.7. The van der Waals surface area contributed by atoms with Gasteiger partial charge in [-0.3, -0.25) is 14.5 Å². The van der Waals surface area contributed by atoms with Gasteiger partial charge in [-0.05, 0) is 55.7 Å². The second kappa shape index (κ2) is 11.4. The molecule has 43 heavy (non-hydrogen) atoms. The summed E-state index contributed by atoms with van der Waals surface area (Å²) in [6, 6.07) is 13.8. The monoisotopic (exact) mass is 627 g/mol. The lowest BCUT2D eigenvalue weighted by Crippen LogP contribution is -2.59. The number of benzene rings is 3. The molecule has 1 fully saturated rings. The zero-order valence-corrected chi connectivity index (χ0v) is 26.5. The molecule has 2 aliphatic rings. The smallest absolute Gasteiger partial charge is 0.274 e. The number of carbonyl (C=O) groups is 2. The highest BCUT2D eigenvalue weighted by Gasteiger charge is 2.63. The van der Waals surface area contributed by atoms with Gasteiger partial charge in [0.05, 0.1) is 33.1 Å². The first-order valence-corrected chi connectivity index (χ1v) is 15.5. The van der Waals surface area contributed by atoms with Crippen molar-refractivity contribution in [2.75, 3.05) is 46.3 Å². The summed E-state index contributed by atoms with van der Waals surface area (Å²) in [7, 11) is 3.01. The molecule has 0 saturated carbocycles. The number of ether oxygens (including phenoxy) is 3. The molecule has 0 N–H and O–H groups in total. The van der Waals surface area contributed by atoms with Crippen LogP contribution in [0.4, 0.5) is 5.69 Å². The molecule has 0 radical (unpaired) electrons. The largest absolute Gasteiger partial charge is 0.497 e. The van der Waals surface area contributed by atoms with E-state index in [-0.39, 0.29) is 27.3 Å². The van der Waals surface area contributed by atoms with E-state index in [1.165, 1.54) is 50.5 Å². The van der Waals surface area contributed by atoms with Crippen LogP contribution >= 0.6 is 11.6 Å². The van der Waals surface area contributed by atoms with Crippen LogP contribution in [-0.2, 0) is 25.2 Å². The molecule has 0 bridgehead atoms. The average molecular weight is 628 g/mol. The van der Waals surface area contributed by atoms with Crippen LogP contribution in [0.1, 0.15) is 29.5 Å². The Labute approximate surface area is 256 Å². The highest BCUT2D eigenvalue weighted by atomic mass is 35.5. The zero-order chi connectivity index (χ0) is 31.3. The van der Waals surface area contributed by atoms with Crippen LogP contribution in [0.3, 0.4) is 0 Å². The number of methoxy groups -OCH3 is 3. The van der Waals surface area contributed by atoms with Crippen molar-refractivity contribution >= 4 is 39.1 Å². The molecule has 0 aromatic heterocycles. The maximum atomic E-state index is 15.3. The quantitative estimate of drug-likeness (QED) is 0.366. The van der Waals surface area contributed by atoms with Crippen LogP contribution in [0.25, 0.3) is 0 Å². The molecular formula is C31H34ClN3O7S. The lowest BCUT2D eigenvalue weighted by molar-refractivity contribution is -0.138. The van der Waals surface area contributed by atoms with E-state index < -0.39 is 27.5 Å². The summed E-state index contributed by atoms with van der Waals surface area (Å²) in [4.78, 5) is 31.9. The minimum Gasteiger partial charge on any atom is -0.497 e. The fraction of sp³-hybridized carbons (Fsp3) is 0.355. The lowest BCUT2D eigenvalue weighted by atomic mass is 9.80. The van der Waals surface area contributed by atoms with Gasteiger partial charge < -0.3 is 19.1 Å². The molecular weight excluding hydrogens is 594 g/mol. The summed E-state index contributed by atoms with van der Waals surface area (Å²) in [5, 5.41) is 0.284. The molecule has 0 aliphatic carbocycles. The fourth-order valence-electron chi connectivity index (χ4n) is 6.18. The molecule has 2 atom stereocenters. The molecule has 5 rings (SSSR count). The number of likely N-dealkylation sites (N-methyl/N-ethyl adjacent to an activating group) is 1. The number of sulfonamides is 1. The molecule has 2 heterocycles. The minimum atomic E-state index is -4.60. The van der Waals surface area contributed by atoms with E-state index in [4.69, 9.17) is 25.8 Å². The van der Waals surface area contributed by atoms with Gasteiger partial charge in [-0.1, -0.05) is 29.8 Å². The number of halogens is 1. The van der Waals surface area contributed by atoms with Crippen LogP contribution in [0.5, 0.6) is 17.2 Å². The van der Waals surface area contributed by atoms with Crippen molar-refractivity contribution in [2.24, 2.45) is 0 Å². The number of hydrogen-bond donors (Lipinski definition) is 0. The van der Waals surface area contributed by atoms with Gasteiger partial charge in [0, 0.05) is 42.9 Å². The Balaban J connectivity index is 1.88. The molecule has 228 valence electrons. The van der Waals surface area contributed by atoms with Gasteiger partial charge in [-0.25, -0.2) is 12.7 Å². The minimum absolute atomic E-state index is 0.00327. The molecule has 2 amide bonds. The van der Waals surface area contributed by atoms with Gasteiger partial charge in [0.15, 0.2) is 5.54 Å². The van der Waals surface area contributed by atoms with E-state index in [0.717, 1.165) is 4.31 Å². The molecule has 3 aromatic carbocycles. The van der Waals surface area contributed by atoms with E-state index in [1.54, 1.807) is 51.4 Å². The maximum Gasteiger partial charge on any atom is 0.274 e. The highest BCUT2D eigenvalue weighted by Crippen LogP contribution is 2.55. The SMILES string of the molecule is COc1ccc(S(=O)(=O)N2C(=O)C(c3ccccc3OC)(N3CCCC3C(=O)N(C)C)c3cc(C)c(Cl)cc32)c(OC)c1. The molecule has 0 spiro atoms. The Morgan fingerprint density at radius 1 is 0.977 bits per heavy atom. The van der Waals surface area contributed by atoms with Crippen LogP contribution in [0.15, 0.2) is 59.5 Å². The third kappa shape index (κ3) is 4.61.